The van der Waals surface area contributed by atoms with Gasteiger partial charge < -0.3 is 15.2 Å². The first-order chi connectivity index (χ1) is 14.1. The van der Waals surface area contributed by atoms with E-state index in [0.29, 0.717) is 30.7 Å². The molecule has 2 aromatic heterocycles. The lowest BCUT2D eigenvalue weighted by Gasteiger charge is -2.38. The highest BCUT2D eigenvalue weighted by atomic mass is 35.5. The second-order valence-electron chi connectivity index (χ2n) is 8.18. The largest absolute Gasteiger partial charge is 0.434 e. The number of halogens is 4. The number of anilines is 1. The van der Waals surface area contributed by atoms with Crippen molar-refractivity contribution in [2.45, 2.75) is 45.3 Å². The maximum absolute atomic E-state index is 13.7. The van der Waals surface area contributed by atoms with Crippen LogP contribution in [0, 0.1) is 30.1 Å². The Kier molecular flexibility index (Phi) is 5.09. The Morgan fingerprint density at radius 2 is 2.07 bits per heavy atom. The number of nitrogens with zero attached hydrogens (tertiary/aromatic N) is 3. The molecule has 1 aliphatic carbocycles. The van der Waals surface area contributed by atoms with E-state index in [4.69, 9.17) is 11.6 Å². The first-order valence-electron chi connectivity index (χ1n) is 9.86. The van der Waals surface area contributed by atoms with E-state index in [-0.39, 0.29) is 40.0 Å². The number of aromatic nitrogens is 2. The highest BCUT2D eigenvalue weighted by Gasteiger charge is 2.41. The first kappa shape index (κ1) is 20.8. The zero-order chi connectivity index (χ0) is 21.8. The molecule has 1 amide bonds. The minimum Gasteiger partial charge on any atom is -0.368 e. The number of carbonyl (C=O) groups is 1. The molecule has 2 atom stereocenters. The quantitative estimate of drug-likeness (QED) is 0.752. The minimum absolute atomic E-state index is 0.000208. The second kappa shape index (κ2) is 7.34. The Bertz CT molecular complexity index is 1050. The summed E-state index contributed by atoms with van der Waals surface area (Å²) >= 11 is 6.20. The van der Waals surface area contributed by atoms with Crippen LogP contribution < -0.4 is 10.2 Å². The molecule has 4 rings (SSSR count). The monoisotopic (exact) mass is 439 g/mol. The van der Waals surface area contributed by atoms with E-state index in [2.05, 4.69) is 15.3 Å². The third-order valence-electron chi connectivity index (χ3n) is 5.88. The van der Waals surface area contributed by atoms with Crippen LogP contribution in [0.2, 0.25) is 5.02 Å². The van der Waals surface area contributed by atoms with Crippen molar-refractivity contribution in [2.75, 3.05) is 18.0 Å². The summed E-state index contributed by atoms with van der Waals surface area (Å²) in [5.41, 5.74) is -0.823. The van der Waals surface area contributed by atoms with Crippen molar-refractivity contribution in [3.05, 3.63) is 22.0 Å². The van der Waals surface area contributed by atoms with Crippen LogP contribution in [0.3, 0.4) is 0 Å². The molecular weight excluding hydrogens is 419 g/mol. The number of hydrogen-bond acceptors (Lipinski definition) is 4. The van der Waals surface area contributed by atoms with Gasteiger partial charge in [0.05, 0.1) is 16.2 Å². The van der Waals surface area contributed by atoms with Crippen LogP contribution in [-0.2, 0) is 11.0 Å². The molecule has 0 bridgehead atoms. The fraction of sp³-hybridized carbons (Fsp3) is 0.550. The maximum Gasteiger partial charge on any atom is 0.434 e. The van der Waals surface area contributed by atoms with E-state index in [1.807, 2.05) is 6.92 Å². The molecule has 2 aliphatic rings. The Labute approximate surface area is 176 Å². The molecule has 1 saturated heterocycles. The van der Waals surface area contributed by atoms with Crippen molar-refractivity contribution >= 4 is 34.2 Å². The first-order valence-corrected chi connectivity index (χ1v) is 10.2. The van der Waals surface area contributed by atoms with Gasteiger partial charge in [-0.3, -0.25) is 4.79 Å². The number of alkyl halides is 3. The SMILES string of the molecule is Cc1[nH]c2c(N3CCC(C(=O)NC4CC4)C(C)C3)c(C#N)c(C(F)(F)F)nc2c1Cl. The molecule has 0 spiro atoms. The fourth-order valence-electron chi connectivity index (χ4n) is 4.17. The van der Waals surface area contributed by atoms with E-state index in [9.17, 15) is 23.2 Å². The normalized spacial score (nSPS) is 22.2. The van der Waals surface area contributed by atoms with Crippen LogP contribution in [0.1, 0.15) is 43.1 Å². The van der Waals surface area contributed by atoms with Crippen molar-refractivity contribution in [1.29, 1.82) is 5.26 Å². The smallest absolute Gasteiger partial charge is 0.368 e. The number of amides is 1. The number of H-pyrrole nitrogens is 1. The highest BCUT2D eigenvalue weighted by molar-refractivity contribution is 6.36. The number of piperidine rings is 1. The molecule has 1 aliphatic heterocycles. The predicted octanol–water partition coefficient (Wildman–Crippen LogP) is 4.16. The van der Waals surface area contributed by atoms with Gasteiger partial charge in [-0.1, -0.05) is 18.5 Å². The topological polar surface area (TPSA) is 84.8 Å². The van der Waals surface area contributed by atoms with E-state index >= 15 is 0 Å². The number of carbonyl (C=O) groups excluding carboxylic acids is 1. The predicted molar refractivity (Wildman–Crippen MR) is 106 cm³/mol. The number of aryl methyl sites for hydroxylation is 1. The van der Waals surface area contributed by atoms with Gasteiger partial charge in [0, 0.05) is 30.7 Å². The summed E-state index contributed by atoms with van der Waals surface area (Å²) in [5.74, 6) is -0.298. The summed E-state index contributed by atoms with van der Waals surface area (Å²) in [6, 6.07) is 1.96. The van der Waals surface area contributed by atoms with Gasteiger partial charge in [-0.2, -0.15) is 18.4 Å². The minimum atomic E-state index is -4.80. The van der Waals surface area contributed by atoms with Gasteiger partial charge in [-0.15, -0.1) is 0 Å². The summed E-state index contributed by atoms with van der Waals surface area (Å²) in [6.07, 6.45) is -2.32. The molecule has 2 N–H and O–H groups in total. The van der Waals surface area contributed by atoms with Crippen LogP contribution in [-0.4, -0.2) is 35.0 Å². The van der Waals surface area contributed by atoms with Crippen molar-refractivity contribution < 1.29 is 18.0 Å². The Hall–Kier alpha value is -2.47. The van der Waals surface area contributed by atoms with Gasteiger partial charge in [0.1, 0.15) is 17.1 Å². The lowest BCUT2D eigenvalue weighted by atomic mass is 9.85. The summed E-state index contributed by atoms with van der Waals surface area (Å²) in [6.45, 7) is 4.26. The highest BCUT2D eigenvalue weighted by Crippen LogP contribution is 2.42. The molecule has 160 valence electrons. The Balaban J connectivity index is 1.75. The number of nitrogens with one attached hydrogen (secondary N) is 2. The van der Waals surface area contributed by atoms with Gasteiger partial charge in [-0.05, 0) is 32.1 Å². The molecule has 2 fully saturated rings. The molecule has 2 aromatic rings. The van der Waals surface area contributed by atoms with Gasteiger partial charge in [0.25, 0.3) is 0 Å². The van der Waals surface area contributed by atoms with Gasteiger partial charge >= 0.3 is 6.18 Å². The number of aromatic amines is 1. The molecule has 3 heterocycles. The summed E-state index contributed by atoms with van der Waals surface area (Å²) in [5, 5.41) is 12.7. The van der Waals surface area contributed by atoms with E-state index in [1.165, 1.54) is 0 Å². The molecule has 2 unspecified atom stereocenters. The molecule has 6 nitrogen and oxygen atoms in total. The number of hydrogen-bond donors (Lipinski definition) is 2. The molecule has 0 radical (unpaired) electrons. The summed E-state index contributed by atoms with van der Waals surface area (Å²) < 4.78 is 41.0. The lowest BCUT2D eigenvalue weighted by Crippen LogP contribution is -2.46. The molecule has 10 heteroatoms. The zero-order valence-electron chi connectivity index (χ0n) is 16.5. The average Bonchev–Trinajstić information content (AvgIpc) is 3.44. The van der Waals surface area contributed by atoms with Crippen LogP contribution in [0.15, 0.2) is 0 Å². The Morgan fingerprint density at radius 1 is 1.37 bits per heavy atom. The van der Waals surface area contributed by atoms with Gasteiger partial charge in [0.15, 0.2) is 5.69 Å². The van der Waals surface area contributed by atoms with E-state index in [0.717, 1.165) is 12.8 Å². The van der Waals surface area contributed by atoms with Crippen LogP contribution in [0.5, 0.6) is 0 Å². The fourth-order valence-corrected chi connectivity index (χ4v) is 4.36. The zero-order valence-corrected chi connectivity index (χ0v) is 17.3. The van der Waals surface area contributed by atoms with Crippen LogP contribution in [0.4, 0.5) is 18.9 Å². The number of nitriles is 1. The van der Waals surface area contributed by atoms with E-state index in [1.54, 1.807) is 17.9 Å². The lowest BCUT2D eigenvalue weighted by molar-refractivity contribution is -0.141. The number of pyridine rings is 1. The molecular formula is C20H21ClF3N5O. The van der Waals surface area contributed by atoms with Gasteiger partial charge in [0.2, 0.25) is 5.91 Å². The maximum atomic E-state index is 13.7. The Morgan fingerprint density at radius 3 is 2.63 bits per heavy atom. The molecule has 30 heavy (non-hydrogen) atoms. The van der Waals surface area contributed by atoms with Crippen molar-refractivity contribution in [1.82, 2.24) is 15.3 Å². The van der Waals surface area contributed by atoms with Crippen molar-refractivity contribution in [3.63, 3.8) is 0 Å². The molecule has 0 aromatic carbocycles. The third-order valence-corrected chi connectivity index (χ3v) is 6.35. The average molecular weight is 440 g/mol. The summed E-state index contributed by atoms with van der Waals surface area (Å²) in [4.78, 5) is 20.9. The second-order valence-corrected chi connectivity index (χ2v) is 8.56. The van der Waals surface area contributed by atoms with Crippen LogP contribution in [0.25, 0.3) is 11.0 Å². The van der Waals surface area contributed by atoms with E-state index < -0.39 is 17.4 Å². The summed E-state index contributed by atoms with van der Waals surface area (Å²) in [7, 11) is 0. The third kappa shape index (κ3) is 3.58. The van der Waals surface area contributed by atoms with Crippen molar-refractivity contribution in [3.8, 4) is 6.07 Å². The number of fused-ring (bicyclic) bond motifs is 1. The number of rotatable bonds is 3. The van der Waals surface area contributed by atoms with Gasteiger partial charge in [-0.25, -0.2) is 4.98 Å². The standard InChI is InChI=1S/C20H21ClF3N5O/c1-9-8-29(6-5-12(9)19(30)27-11-3-4-11)17-13(7-25)18(20(22,23)24)28-15-14(21)10(2)26-16(15)17/h9,11-12,26H,3-6,8H2,1-2H3,(H,27,30). The molecule has 1 saturated carbocycles. The van der Waals surface area contributed by atoms with Crippen LogP contribution >= 0.6 is 11.6 Å². The van der Waals surface area contributed by atoms with Crippen molar-refractivity contribution in [2.24, 2.45) is 11.8 Å².